The first-order chi connectivity index (χ1) is 16.3. The first-order valence-corrected chi connectivity index (χ1v) is 11.1. The highest BCUT2D eigenvalue weighted by atomic mass is 79.9. The van der Waals surface area contributed by atoms with Crippen molar-refractivity contribution in [2.75, 3.05) is 12.4 Å². The van der Waals surface area contributed by atoms with Gasteiger partial charge in [-0.15, -0.1) is 0 Å². The van der Waals surface area contributed by atoms with Gasteiger partial charge < -0.3 is 14.8 Å². The van der Waals surface area contributed by atoms with Gasteiger partial charge >= 0.3 is 17.8 Å². The fraction of sp³-hybridized carbons (Fsp3) is 0.0435. The highest BCUT2D eigenvalue weighted by Gasteiger charge is 2.15. The number of hydrogen-bond donors (Lipinski definition) is 2. The molecule has 0 saturated heterocycles. The molecule has 0 heterocycles. The molecule has 174 valence electrons. The third-order valence-corrected chi connectivity index (χ3v) is 5.27. The highest BCUT2D eigenvalue weighted by Crippen LogP contribution is 2.29. The Hall–Kier alpha value is -3.40. The number of rotatable bonds is 6. The van der Waals surface area contributed by atoms with E-state index in [4.69, 9.17) is 32.7 Å². The molecule has 0 fully saturated rings. The Kier molecular flexibility index (Phi) is 8.64. The summed E-state index contributed by atoms with van der Waals surface area (Å²) in [5, 5.41) is 6.67. The Morgan fingerprint density at radius 3 is 2.50 bits per heavy atom. The van der Waals surface area contributed by atoms with Crippen LogP contribution in [0, 0.1) is 0 Å². The molecule has 0 aliphatic carbocycles. The van der Waals surface area contributed by atoms with E-state index in [1.807, 2.05) is 0 Å². The van der Waals surface area contributed by atoms with Gasteiger partial charge in [-0.3, -0.25) is 9.59 Å². The number of halogens is 3. The Bertz CT molecular complexity index is 1280. The van der Waals surface area contributed by atoms with Gasteiger partial charge in [0.05, 0.1) is 29.6 Å². The van der Waals surface area contributed by atoms with Crippen molar-refractivity contribution >= 4 is 68.8 Å². The van der Waals surface area contributed by atoms with Crippen LogP contribution in [0.15, 0.2) is 70.2 Å². The molecule has 2 N–H and O–H groups in total. The largest absolute Gasteiger partial charge is 0.493 e. The topological polar surface area (TPSA) is 106 Å². The lowest BCUT2D eigenvalue weighted by molar-refractivity contribution is -0.136. The van der Waals surface area contributed by atoms with Crippen molar-refractivity contribution in [2.24, 2.45) is 5.10 Å². The van der Waals surface area contributed by atoms with Crippen molar-refractivity contribution in [3.05, 3.63) is 86.3 Å². The van der Waals surface area contributed by atoms with Crippen molar-refractivity contribution in [1.82, 2.24) is 5.43 Å². The summed E-state index contributed by atoms with van der Waals surface area (Å²) in [5.74, 6) is -2.08. The highest BCUT2D eigenvalue weighted by molar-refractivity contribution is 9.10. The van der Waals surface area contributed by atoms with Gasteiger partial charge in [0.2, 0.25) is 0 Å². The van der Waals surface area contributed by atoms with Crippen LogP contribution >= 0.6 is 39.1 Å². The van der Waals surface area contributed by atoms with Crippen LogP contribution < -0.4 is 20.2 Å². The summed E-state index contributed by atoms with van der Waals surface area (Å²) >= 11 is 15.1. The predicted molar refractivity (Wildman–Crippen MR) is 133 cm³/mol. The van der Waals surface area contributed by atoms with Gasteiger partial charge in [-0.1, -0.05) is 45.2 Å². The number of amides is 2. The molecule has 0 radical (unpaired) electrons. The van der Waals surface area contributed by atoms with Crippen molar-refractivity contribution in [3.8, 4) is 11.5 Å². The minimum absolute atomic E-state index is 0.191. The minimum Gasteiger partial charge on any atom is -0.493 e. The summed E-state index contributed by atoms with van der Waals surface area (Å²) < 4.78 is 11.4. The van der Waals surface area contributed by atoms with Crippen molar-refractivity contribution in [3.63, 3.8) is 0 Å². The van der Waals surface area contributed by atoms with E-state index in [0.29, 0.717) is 16.1 Å². The molecule has 2 amide bonds. The van der Waals surface area contributed by atoms with Gasteiger partial charge in [-0.2, -0.15) is 5.10 Å². The Morgan fingerprint density at radius 2 is 1.76 bits per heavy atom. The third kappa shape index (κ3) is 6.80. The van der Waals surface area contributed by atoms with E-state index in [9.17, 15) is 14.4 Å². The summed E-state index contributed by atoms with van der Waals surface area (Å²) in [6.07, 6.45) is 1.29. The van der Waals surface area contributed by atoms with Gasteiger partial charge in [0, 0.05) is 9.50 Å². The number of methoxy groups -OCH3 is 1. The SMILES string of the molecule is COc1cc(/C=N/NC(=O)C(=O)Nc2cc(Cl)ccc2Cl)ccc1OC(=O)c1cccc(Br)c1. The zero-order valence-corrected chi connectivity index (χ0v) is 20.6. The van der Waals surface area contributed by atoms with Crippen molar-refractivity contribution in [2.45, 2.75) is 0 Å². The summed E-state index contributed by atoms with van der Waals surface area (Å²) in [6.45, 7) is 0. The van der Waals surface area contributed by atoms with Crippen LogP contribution in [0.4, 0.5) is 5.69 Å². The second-order valence-electron chi connectivity index (χ2n) is 6.59. The second kappa shape index (κ2) is 11.6. The van der Waals surface area contributed by atoms with Crippen LogP contribution in [-0.2, 0) is 9.59 Å². The molecule has 0 aliphatic rings. The second-order valence-corrected chi connectivity index (χ2v) is 8.35. The number of carbonyl (C=O) groups is 3. The maximum atomic E-state index is 12.4. The lowest BCUT2D eigenvalue weighted by atomic mass is 10.2. The van der Waals surface area contributed by atoms with E-state index in [0.717, 1.165) is 4.47 Å². The van der Waals surface area contributed by atoms with Crippen LogP contribution in [0.25, 0.3) is 0 Å². The molecule has 34 heavy (non-hydrogen) atoms. The maximum absolute atomic E-state index is 12.4. The zero-order valence-electron chi connectivity index (χ0n) is 17.5. The fourth-order valence-corrected chi connectivity index (χ4v) is 3.35. The average molecular weight is 565 g/mol. The quantitative estimate of drug-likeness (QED) is 0.143. The van der Waals surface area contributed by atoms with Crippen LogP contribution in [0.5, 0.6) is 11.5 Å². The molecule has 0 spiro atoms. The number of anilines is 1. The van der Waals surface area contributed by atoms with Gasteiger partial charge in [-0.05, 0) is 60.2 Å². The van der Waals surface area contributed by atoms with E-state index in [1.165, 1.54) is 31.5 Å². The monoisotopic (exact) mass is 563 g/mol. The minimum atomic E-state index is -1.01. The zero-order chi connectivity index (χ0) is 24.7. The third-order valence-electron chi connectivity index (χ3n) is 4.21. The molecule has 11 heteroatoms. The number of carbonyl (C=O) groups excluding carboxylic acids is 3. The molecule has 0 aromatic heterocycles. The van der Waals surface area contributed by atoms with Crippen molar-refractivity contribution < 1.29 is 23.9 Å². The maximum Gasteiger partial charge on any atom is 0.343 e. The van der Waals surface area contributed by atoms with E-state index < -0.39 is 17.8 Å². The van der Waals surface area contributed by atoms with Crippen molar-refractivity contribution in [1.29, 1.82) is 0 Å². The van der Waals surface area contributed by atoms with Crippen LogP contribution in [0.2, 0.25) is 10.0 Å². The average Bonchev–Trinajstić information content (AvgIpc) is 2.82. The Morgan fingerprint density at radius 1 is 0.971 bits per heavy atom. The smallest absolute Gasteiger partial charge is 0.343 e. The van der Waals surface area contributed by atoms with Gasteiger partial charge in [-0.25, -0.2) is 10.2 Å². The molecule has 0 bridgehead atoms. The fourth-order valence-electron chi connectivity index (χ4n) is 2.61. The van der Waals surface area contributed by atoms with E-state index in [1.54, 1.807) is 42.5 Å². The van der Waals surface area contributed by atoms with E-state index in [2.05, 4.69) is 31.8 Å². The number of ether oxygens (including phenoxy) is 2. The molecule has 0 unspecified atom stereocenters. The van der Waals surface area contributed by atoms with Crippen LogP contribution in [0.1, 0.15) is 15.9 Å². The Labute approximate surface area is 213 Å². The Balaban J connectivity index is 1.62. The normalized spacial score (nSPS) is 10.6. The van der Waals surface area contributed by atoms with Gasteiger partial charge in [0.25, 0.3) is 0 Å². The van der Waals surface area contributed by atoms with Gasteiger partial charge in [0.15, 0.2) is 11.5 Å². The number of nitrogens with zero attached hydrogens (tertiary/aromatic N) is 1. The predicted octanol–water partition coefficient (Wildman–Crippen LogP) is 5.07. The van der Waals surface area contributed by atoms with Crippen LogP contribution in [-0.4, -0.2) is 31.1 Å². The molecule has 0 saturated carbocycles. The summed E-state index contributed by atoms with van der Waals surface area (Å²) in [5.41, 5.74) is 3.17. The number of esters is 1. The number of hydrogen-bond acceptors (Lipinski definition) is 6. The molecule has 0 aliphatic heterocycles. The van der Waals surface area contributed by atoms with E-state index >= 15 is 0 Å². The van der Waals surface area contributed by atoms with Gasteiger partial charge in [0.1, 0.15) is 0 Å². The first kappa shape index (κ1) is 25.2. The standard InChI is InChI=1S/C23H16BrCl2N3O5/c1-33-20-9-13(5-8-19(20)34-23(32)14-3-2-4-15(24)10-14)12-27-29-22(31)21(30)28-18-11-16(25)6-7-17(18)26/h2-12H,1H3,(H,28,30)(H,29,31)/b27-12+. The molecule has 3 aromatic rings. The number of hydrazone groups is 1. The lowest BCUT2D eigenvalue weighted by Crippen LogP contribution is -2.32. The lowest BCUT2D eigenvalue weighted by Gasteiger charge is -2.10. The molecular formula is C23H16BrCl2N3O5. The summed E-state index contributed by atoms with van der Waals surface area (Å²) in [6, 6.07) is 15.9. The first-order valence-electron chi connectivity index (χ1n) is 9.52. The molecular weight excluding hydrogens is 549 g/mol. The van der Waals surface area contributed by atoms with E-state index in [-0.39, 0.29) is 22.2 Å². The molecule has 8 nitrogen and oxygen atoms in total. The number of benzene rings is 3. The molecule has 3 rings (SSSR count). The molecule has 0 atom stereocenters. The van der Waals surface area contributed by atoms with Crippen LogP contribution in [0.3, 0.4) is 0 Å². The summed E-state index contributed by atoms with van der Waals surface area (Å²) in [7, 11) is 1.42. The molecule has 3 aromatic carbocycles. The summed E-state index contributed by atoms with van der Waals surface area (Å²) in [4.78, 5) is 36.4. The number of nitrogens with one attached hydrogen (secondary N) is 2.